The van der Waals surface area contributed by atoms with Gasteiger partial charge in [0.1, 0.15) is 11.3 Å². The number of nitrogens with zero attached hydrogens (tertiary/aromatic N) is 1. The monoisotopic (exact) mass is 313 g/mol. The number of carbonyl (C=O) groups is 1. The second-order valence-electron chi connectivity index (χ2n) is 6.87. The molecule has 2 aliphatic rings. The van der Waals surface area contributed by atoms with Gasteiger partial charge in [0.25, 0.3) is 0 Å². The Morgan fingerprint density at radius 3 is 3.04 bits per heavy atom. The minimum absolute atomic E-state index is 0.00792. The summed E-state index contributed by atoms with van der Waals surface area (Å²) in [5.41, 5.74) is 1.67. The normalized spacial score (nSPS) is 27.5. The van der Waals surface area contributed by atoms with E-state index in [1.807, 2.05) is 26.0 Å². The molecule has 4 heteroatoms. The van der Waals surface area contributed by atoms with Gasteiger partial charge in [0.05, 0.1) is 18.1 Å². The van der Waals surface area contributed by atoms with Crippen molar-refractivity contribution in [3.8, 4) is 0 Å². The number of para-hydroxylation sites is 1. The summed E-state index contributed by atoms with van der Waals surface area (Å²) >= 11 is 0. The second kappa shape index (κ2) is 5.38. The van der Waals surface area contributed by atoms with Crippen molar-refractivity contribution in [3.63, 3.8) is 0 Å². The van der Waals surface area contributed by atoms with E-state index < -0.39 is 5.41 Å². The van der Waals surface area contributed by atoms with Gasteiger partial charge in [0, 0.05) is 17.5 Å². The Morgan fingerprint density at radius 2 is 2.22 bits per heavy atom. The lowest BCUT2D eigenvalue weighted by Gasteiger charge is -2.47. The van der Waals surface area contributed by atoms with E-state index in [-0.39, 0.29) is 12.0 Å². The molecule has 0 spiro atoms. The van der Waals surface area contributed by atoms with Crippen molar-refractivity contribution in [3.05, 3.63) is 35.6 Å². The number of benzene rings is 1. The van der Waals surface area contributed by atoms with Crippen molar-refractivity contribution in [1.82, 2.24) is 4.90 Å². The molecule has 3 heterocycles. The summed E-state index contributed by atoms with van der Waals surface area (Å²) in [7, 11) is 0. The largest absolute Gasteiger partial charge is 0.466 e. The molecule has 2 atom stereocenters. The maximum atomic E-state index is 12.7. The summed E-state index contributed by atoms with van der Waals surface area (Å²) in [6, 6.07) is 8.18. The maximum absolute atomic E-state index is 12.7. The van der Waals surface area contributed by atoms with Gasteiger partial charge >= 0.3 is 5.97 Å². The van der Waals surface area contributed by atoms with Gasteiger partial charge in [-0.05, 0) is 45.7 Å². The predicted octanol–water partition coefficient (Wildman–Crippen LogP) is 3.70. The molecule has 1 saturated heterocycles. The van der Waals surface area contributed by atoms with Gasteiger partial charge in [0.15, 0.2) is 0 Å². The molecule has 0 radical (unpaired) electrons. The van der Waals surface area contributed by atoms with Crippen LogP contribution in [0.3, 0.4) is 0 Å². The van der Waals surface area contributed by atoms with E-state index in [2.05, 4.69) is 17.0 Å². The Balaban J connectivity index is 1.85. The number of hydrogen-bond acceptors (Lipinski definition) is 4. The minimum Gasteiger partial charge on any atom is -0.466 e. The maximum Gasteiger partial charge on any atom is 0.313 e. The fourth-order valence-corrected chi connectivity index (χ4v) is 4.38. The molecule has 23 heavy (non-hydrogen) atoms. The van der Waals surface area contributed by atoms with E-state index in [1.165, 1.54) is 10.9 Å². The Labute approximate surface area is 136 Å². The Hall–Kier alpha value is -1.81. The molecule has 0 aliphatic carbocycles. The number of esters is 1. The zero-order valence-corrected chi connectivity index (χ0v) is 13.8. The molecule has 122 valence electrons. The van der Waals surface area contributed by atoms with Gasteiger partial charge in [-0.25, -0.2) is 0 Å². The van der Waals surface area contributed by atoms with E-state index in [0.29, 0.717) is 6.61 Å². The van der Waals surface area contributed by atoms with E-state index >= 15 is 0 Å². The number of ether oxygens (including phenoxy) is 1. The number of carbonyl (C=O) groups excluding carboxylic acids is 1. The SMILES string of the molecule is CCOC(=O)[C@]1(C)CCCN2CCc3c(oc4ccccc34)[C@@H]21. The highest BCUT2D eigenvalue weighted by molar-refractivity contribution is 5.84. The first-order valence-electron chi connectivity index (χ1n) is 8.56. The van der Waals surface area contributed by atoms with Crippen molar-refractivity contribution < 1.29 is 13.9 Å². The summed E-state index contributed by atoms with van der Waals surface area (Å²) in [5, 5.41) is 1.19. The topological polar surface area (TPSA) is 42.7 Å². The van der Waals surface area contributed by atoms with Crippen molar-refractivity contribution >= 4 is 16.9 Å². The summed E-state index contributed by atoms with van der Waals surface area (Å²) in [5.74, 6) is 0.885. The predicted molar refractivity (Wildman–Crippen MR) is 88.2 cm³/mol. The van der Waals surface area contributed by atoms with Crippen molar-refractivity contribution in [1.29, 1.82) is 0 Å². The third-order valence-electron chi connectivity index (χ3n) is 5.48. The molecule has 2 aromatic rings. The van der Waals surface area contributed by atoms with Crippen molar-refractivity contribution in [2.24, 2.45) is 5.41 Å². The second-order valence-corrected chi connectivity index (χ2v) is 6.87. The highest BCUT2D eigenvalue weighted by Crippen LogP contribution is 2.51. The van der Waals surface area contributed by atoms with Gasteiger partial charge in [-0.15, -0.1) is 0 Å². The Morgan fingerprint density at radius 1 is 1.39 bits per heavy atom. The fourth-order valence-electron chi connectivity index (χ4n) is 4.38. The van der Waals surface area contributed by atoms with Crippen molar-refractivity contribution in [2.75, 3.05) is 19.7 Å². The van der Waals surface area contributed by atoms with Crippen LogP contribution in [0.1, 0.15) is 44.1 Å². The molecule has 1 aromatic carbocycles. The van der Waals surface area contributed by atoms with Gasteiger partial charge in [-0.1, -0.05) is 18.2 Å². The summed E-state index contributed by atoms with van der Waals surface area (Å²) < 4.78 is 11.6. The highest BCUT2D eigenvalue weighted by atomic mass is 16.5. The molecule has 4 nitrogen and oxygen atoms in total. The minimum atomic E-state index is -0.530. The molecule has 2 aliphatic heterocycles. The Bertz CT molecular complexity index is 750. The van der Waals surface area contributed by atoms with Crippen LogP contribution in [0.5, 0.6) is 0 Å². The molecule has 0 saturated carbocycles. The van der Waals surface area contributed by atoms with E-state index in [1.54, 1.807) is 0 Å². The van der Waals surface area contributed by atoms with Crippen LogP contribution in [0.15, 0.2) is 28.7 Å². The number of furan rings is 1. The lowest BCUT2D eigenvalue weighted by atomic mass is 9.71. The molecule has 0 bridgehead atoms. The molecule has 0 amide bonds. The number of piperidine rings is 1. The third-order valence-corrected chi connectivity index (χ3v) is 5.48. The van der Waals surface area contributed by atoms with Crippen LogP contribution in [0, 0.1) is 5.41 Å². The van der Waals surface area contributed by atoms with Crippen LogP contribution in [0.25, 0.3) is 11.0 Å². The quantitative estimate of drug-likeness (QED) is 0.793. The van der Waals surface area contributed by atoms with Crippen LogP contribution in [-0.2, 0) is 16.0 Å². The van der Waals surface area contributed by atoms with Gasteiger partial charge in [-0.3, -0.25) is 9.69 Å². The standard InChI is InChI=1S/C19H23NO3/c1-3-22-18(21)19(2)10-6-11-20-12-9-14-13-7-4-5-8-15(13)23-16(14)17(19)20/h4-5,7-8,17H,3,6,9-12H2,1-2H3/t17-,19-/m1/s1. The van der Waals surface area contributed by atoms with Crippen LogP contribution in [-0.4, -0.2) is 30.6 Å². The zero-order chi connectivity index (χ0) is 16.0. The lowest BCUT2D eigenvalue weighted by molar-refractivity contribution is -0.164. The van der Waals surface area contributed by atoms with Gasteiger partial charge < -0.3 is 9.15 Å². The summed E-state index contributed by atoms with van der Waals surface area (Å²) in [6.45, 7) is 6.35. The van der Waals surface area contributed by atoms with Crippen LogP contribution < -0.4 is 0 Å². The number of fused-ring (bicyclic) bond motifs is 5. The first kappa shape index (κ1) is 14.8. The summed E-state index contributed by atoms with van der Waals surface area (Å²) in [4.78, 5) is 15.1. The highest BCUT2D eigenvalue weighted by Gasteiger charge is 2.52. The molecular weight excluding hydrogens is 290 g/mol. The van der Waals surface area contributed by atoms with Gasteiger partial charge in [-0.2, -0.15) is 0 Å². The van der Waals surface area contributed by atoms with Crippen LogP contribution in [0.4, 0.5) is 0 Å². The molecule has 0 unspecified atom stereocenters. The zero-order valence-electron chi connectivity index (χ0n) is 13.8. The number of rotatable bonds is 2. The lowest BCUT2D eigenvalue weighted by Crippen LogP contribution is -2.51. The molecule has 4 rings (SSSR count). The third kappa shape index (κ3) is 2.12. The molecule has 1 aromatic heterocycles. The van der Waals surface area contributed by atoms with E-state index in [9.17, 15) is 4.79 Å². The van der Waals surface area contributed by atoms with E-state index in [0.717, 1.165) is 43.7 Å². The molecule has 1 fully saturated rings. The van der Waals surface area contributed by atoms with Crippen LogP contribution >= 0.6 is 0 Å². The van der Waals surface area contributed by atoms with Gasteiger partial charge in [0.2, 0.25) is 0 Å². The van der Waals surface area contributed by atoms with Crippen LogP contribution in [0.2, 0.25) is 0 Å². The summed E-state index contributed by atoms with van der Waals surface area (Å²) in [6.07, 6.45) is 2.87. The average Bonchev–Trinajstić information content (AvgIpc) is 2.93. The first-order valence-corrected chi connectivity index (χ1v) is 8.56. The Kier molecular flexibility index (Phi) is 3.45. The van der Waals surface area contributed by atoms with Crippen molar-refractivity contribution in [2.45, 2.75) is 39.2 Å². The molecular formula is C19H23NO3. The fraction of sp³-hybridized carbons (Fsp3) is 0.526. The molecule has 0 N–H and O–H groups in total. The first-order chi connectivity index (χ1) is 11.1. The average molecular weight is 313 g/mol. The smallest absolute Gasteiger partial charge is 0.313 e. The number of hydrogen-bond donors (Lipinski definition) is 0. The van der Waals surface area contributed by atoms with E-state index in [4.69, 9.17) is 9.15 Å².